The van der Waals surface area contributed by atoms with Gasteiger partial charge >= 0.3 is 0 Å². The van der Waals surface area contributed by atoms with Gasteiger partial charge in [-0.1, -0.05) is 20.8 Å². The second-order valence-corrected chi connectivity index (χ2v) is 10.6. The molecule has 4 saturated heterocycles. The zero-order chi connectivity index (χ0) is 17.3. The maximum Gasteiger partial charge on any atom is 0.201 e. The fourth-order valence-corrected chi connectivity index (χ4v) is 6.89. The second kappa shape index (κ2) is 5.39. The molecule has 0 unspecified atom stereocenters. The molecule has 8 atom stereocenters. The summed E-state index contributed by atoms with van der Waals surface area (Å²) in [6.45, 7) is 7.74. The van der Waals surface area contributed by atoms with Crippen LogP contribution in [0.5, 0.6) is 0 Å². The van der Waals surface area contributed by atoms with Gasteiger partial charge in [-0.05, 0) is 38.0 Å². The van der Waals surface area contributed by atoms with E-state index >= 15 is 0 Å². The number of ether oxygens (including phenoxy) is 2. The van der Waals surface area contributed by atoms with Gasteiger partial charge in [0.1, 0.15) is 0 Å². The molecule has 0 N–H and O–H groups in total. The first-order valence-corrected chi connectivity index (χ1v) is 10.9. The average molecular weight is 360 g/mol. The molecule has 138 valence electrons. The Morgan fingerprint density at radius 2 is 1.83 bits per heavy atom. The summed E-state index contributed by atoms with van der Waals surface area (Å²) >= 11 is 0. The second-order valence-electron chi connectivity index (χ2n) is 8.23. The highest BCUT2D eigenvalue weighted by Crippen LogP contribution is 2.60. The van der Waals surface area contributed by atoms with Crippen molar-refractivity contribution < 1.29 is 27.7 Å². The molecule has 7 heteroatoms. The van der Waals surface area contributed by atoms with Crippen molar-refractivity contribution in [2.45, 2.75) is 76.5 Å². The van der Waals surface area contributed by atoms with Crippen LogP contribution in [0.3, 0.4) is 0 Å². The fraction of sp³-hybridized carbons (Fsp3) is 1.00. The molecule has 2 bridgehead atoms. The minimum absolute atomic E-state index is 0.0615. The molecule has 5 fully saturated rings. The van der Waals surface area contributed by atoms with E-state index in [-0.39, 0.29) is 23.5 Å². The fourth-order valence-electron chi connectivity index (χ4n) is 5.45. The van der Waals surface area contributed by atoms with Crippen LogP contribution in [0, 0.1) is 23.7 Å². The molecular weight excluding hydrogens is 332 g/mol. The van der Waals surface area contributed by atoms with Gasteiger partial charge in [0.15, 0.2) is 27.2 Å². The average Bonchev–Trinajstić information content (AvgIpc) is 2.77. The Kier molecular flexibility index (Phi) is 3.87. The summed E-state index contributed by atoms with van der Waals surface area (Å²) in [6, 6.07) is 0. The Morgan fingerprint density at radius 3 is 2.54 bits per heavy atom. The van der Waals surface area contributed by atoms with E-state index in [0.29, 0.717) is 5.92 Å². The van der Waals surface area contributed by atoms with Gasteiger partial charge < -0.3 is 9.47 Å². The first-order valence-electron chi connectivity index (χ1n) is 9.15. The third-order valence-electron chi connectivity index (χ3n) is 6.85. The number of hydrogen-bond donors (Lipinski definition) is 0. The number of rotatable bonds is 2. The van der Waals surface area contributed by atoms with Gasteiger partial charge in [0, 0.05) is 24.0 Å². The number of sulfone groups is 1. The normalized spacial score (nSPS) is 54.2. The predicted molar refractivity (Wildman–Crippen MR) is 86.3 cm³/mol. The molecule has 6 nitrogen and oxygen atoms in total. The predicted octanol–water partition coefficient (Wildman–Crippen LogP) is 2.63. The van der Waals surface area contributed by atoms with Crippen molar-refractivity contribution in [2.24, 2.45) is 23.7 Å². The zero-order valence-electron chi connectivity index (χ0n) is 14.9. The molecule has 5 rings (SSSR count). The highest BCUT2D eigenvalue weighted by molar-refractivity contribution is 7.91. The van der Waals surface area contributed by atoms with Crippen LogP contribution < -0.4 is 0 Å². The van der Waals surface area contributed by atoms with E-state index in [1.165, 1.54) is 0 Å². The topological polar surface area (TPSA) is 71.1 Å². The molecule has 5 aliphatic rings. The maximum atomic E-state index is 12.6. The van der Waals surface area contributed by atoms with Gasteiger partial charge in [-0.2, -0.15) is 0 Å². The van der Waals surface area contributed by atoms with Crippen LogP contribution in [-0.4, -0.2) is 37.3 Å². The molecular formula is C17H28O6S. The van der Waals surface area contributed by atoms with Crippen molar-refractivity contribution in [3.63, 3.8) is 0 Å². The maximum absolute atomic E-state index is 12.6. The van der Waals surface area contributed by atoms with Crippen molar-refractivity contribution in [3.8, 4) is 0 Å². The third-order valence-corrected chi connectivity index (χ3v) is 8.91. The van der Waals surface area contributed by atoms with Crippen LogP contribution in [0.4, 0.5) is 0 Å². The van der Waals surface area contributed by atoms with Gasteiger partial charge in [0.25, 0.3) is 0 Å². The minimum atomic E-state index is -3.32. The molecule has 4 heterocycles. The molecule has 24 heavy (non-hydrogen) atoms. The highest BCUT2D eigenvalue weighted by Gasteiger charge is 2.70. The summed E-state index contributed by atoms with van der Waals surface area (Å²) in [4.78, 5) is 11.7. The Morgan fingerprint density at radius 1 is 1.08 bits per heavy atom. The van der Waals surface area contributed by atoms with Crippen LogP contribution in [0.15, 0.2) is 0 Å². The van der Waals surface area contributed by atoms with E-state index in [1.807, 2.05) is 13.8 Å². The lowest BCUT2D eigenvalue weighted by atomic mass is 9.58. The van der Waals surface area contributed by atoms with E-state index in [9.17, 15) is 8.42 Å². The molecule has 4 aliphatic heterocycles. The SMILES string of the molecule is CCS(=O)(=O)[C@H]1O[C@@H]2O[C@@]3(C)CC[C@H]4[C@H](C)CC[C@@H]([C@H]1C)[C@@]24OO3. The summed E-state index contributed by atoms with van der Waals surface area (Å²) < 4.78 is 37.4. The van der Waals surface area contributed by atoms with E-state index in [2.05, 4.69) is 6.92 Å². The molecule has 0 amide bonds. The zero-order valence-corrected chi connectivity index (χ0v) is 15.7. The molecule has 0 radical (unpaired) electrons. The van der Waals surface area contributed by atoms with E-state index in [1.54, 1.807) is 6.92 Å². The summed E-state index contributed by atoms with van der Waals surface area (Å²) in [5.74, 6) is -0.131. The smallest absolute Gasteiger partial charge is 0.201 e. The van der Waals surface area contributed by atoms with Crippen molar-refractivity contribution in [2.75, 3.05) is 5.75 Å². The van der Waals surface area contributed by atoms with Gasteiger partial charge in [-0.15, -0.1) is 0 Å². The number of hydrogen-bond acceptors (Lipinski definition) is 6. The molecule has 0 aromatic rings. The molecule has 1 spiro atoms. The Bertz CT molecular complexity index is 621. The van der Waals surface area contributed by atoms with Crippen LogP contribution in [-0.2, 0) is 29.1 Å². The molecule has 0 aromatic carbocycles. The molecule has 0 aromatic heterocycles. The Balaban J connectivity index is 1.80. The quantitative estimate of drug-likeness (QED) is 0.705. The van der Waals surface area contributed by atoms with Crippen molar-refractivity contribution in [1.29, 1.82) is 0 Å². The first-order chi connectivity index (χ1) is 11.2. The third kappa shape index (κ3) is 2.18. The van der Waals surface area contributed by atoms with Crippen LogP contribution in [0.1, 0.15) is 53.4 Å². The highest BCUT2D eigenvalue weighted by atomic mass is 32.2. The van der Waals surface area contributed by atoms with Crippen LogP contribution in [0.2, 0.25) is 0 Å². The summed E-state index contributed by atoms with van der Waals surface area (Å²) in [5.41, 5.74) is -1.52. The van der Waals surface area contributed by atoms with Crippen LogP contribution in [0.25, 0.3) is 0 Å². The monoisotopic (exact) mass is 360 g/mol. The van der Waals surface area contributed by atoms with Crippen LogP contribution >= 0.6 is 0 Å². The lowest BCUT2D eigenvalue weighted by molar-refractivity contribution is -0.568. The largest absolute Gasteiger partial charge is 0.330 e. The van der Waals surface area contributed by atoms with Crippen molar-refractivity contribution >= 4 is 9.84 Å². The lowest BCUT2D eigenvalue weighted by Gasteiger charge is -2.60. The minimum Gasteiger partial charge on any atom is -0.330 e. The number of fused-ring (bicyclic) bond motifs is 2. The molecule has 1 saturated carbocycles. The first kappa shape index (κ1) is 17.2. The van der Waals surface area contributed by atoms with E-state index < -0.39 is 33.0 Å². The van der Waals surface area contributed by atoms with Crippen molar-refractivity contribution in [1.82, 2.24) is 0 Å². The Labute approximate surface area is 144 Å². The van der Waals surface area contributed by atoms with Gasteiger partial charge in [0.05, 0.1) is 0 Å². The van der Waals surface area contributed by atoms with E-state index in [4.69, 9.17) is 19.2 Å². The van der Waals surface area contributed by atoms with Gasteiger partial charge in [-0.3, -0.25) is 0 Å². The van der Waals surface area contributed by atoms with Crippen molar-refractivity contribution in [3.05, 3.63) is 0 Å². The van der Waals surface area contributed by atoms with Gasteiger partial charge in [-0.25, -0.2) is 18.2 Å². The lowest BCUT2D eigenvalue weighted by Crippen LogP contribution is -2.71. The summed E-state index contributed by atoms with van der Waals surface area (Å²) in [6.07, 6.45) is 2.99. The Hall–Kier alpha value is -0.210. The summed E-state index contributed by atoms with van der Waals surface area (Å²) in [7, 11) is -3.32. The van der Waals surface area contributed by atoms with Gasteiger partial charge in [0.2, 0.25) is 5.79 Å². The summed E-state index contributed by atoms with van der Waals surface area (Å²) in [5, 5.41) is 0. The van der Waals surface area contributed by atoms with E-state index in [0.717, 1.165) is 25.7 Å². The molecule has 1 aliphatic carbocycles. The standard InChI is InChI=1S/C17H28O6S/c1-5-24(18,19)14-11(3)13-7-6-10(2)12-8-9-16(4)21-15(20-14)17(12,13)23-22-16/h10-15H,5-9H2,1-4H3/t10-,11-,12+,13+,14-,15-,16-,17-/m1/s1.